The number of aryl methyl sites for hydroxylation is 1. The summed E-state index contributed by atoms with van der Waals surface area (Å²) in [7, 11) is 1.31. The predicted molar refractivity (Wildman–Crippen MR) is 56.7 cm³/mol. The minimum absolute atomic E-state index is 0. The summed E-state index contributed by atoms with van der Waals surface area (Å²) in [5, 5.41) is 29.9. The van der Waals surface area contributed by atoms with Gasteiger partial charge in [-0.25, -0.2) is 0 Å². The topological polar surface area (TPSA) is 99.1 Å². The first-order chi connectivity index (χ1) is 7.94. The van der Waals surface area contributed by atoms with Crippen molar-refractivity contribution in [3.63, 3.8) is 0 Å². The van der Waals surface area contributed by atoms with Gasteiger partial charge in [-0.05, 0) is 18.1 Å². The van der Waals surface area contributed by atoms with E-state index in [0.717, 1.165) is 0 Å². The van der Waals surface area contributed by atoms with Crippen LogP contribution in [0.15, 0.2) is 12.1 Å². The second-order valence-electron chi connectivity index (χ2n) is 3.93. The van der Waals surface area contributed by atoms with Gasteiger partial charge in [0.25, 0.3) is 0 Å². The van der Waals surface area contributed by atoms with Crippen molar-refractivity contribution in [2.45, 2.75) is 12.7 Å². The molecular formula is C10H11BNaO6-. The van der Waals surface area contributed by atoms with Gasteiger partial charge in [0, 0.05) is 0 Å². The van der Waals surface area contributed by atoms with Gasteiger partial charge < -0.3 is 29.3 Å². The standard InChI is InChI=1S/C10H12BO6.Na/c1-16-7-3-2-6-4-5-11(14,15)17-9(6)8(7)10(12)13;/h2-3,14-15H,4-5H2,1H3,(H,12,13);/q-1;+1/p-1. The van der Waals surface area contributed by atoms with Crippen molar-refractivity contribution in [1.82, 2.24) is 0 Å². The molecule has 0 spiro atoms. The van der Waals surface area contributed by atoms with Gasteiger partial charge in [-0.1, -0.05) is 12.4 Å². The molecule has 0 radical (unpaired) electrons. The van der Waals surface area contributed by atoms with Crippen molar-refractivity contribution in [2.24, 2.45) is 0 Å². The van der Waals surface area contributed by atoms with Gasteiger partial charge in [0.15, 0.2) is 0 Å². The zero-order valence-electron chi connectivity index (χ0n) is 10.2. The molecule has 0 saturated heterocycles. The molecule has 2 N–H and O–H groups in total. The molecule has 0 fully saturated rings. The second kappa shape index (κ2) is 5.50. The minimum atomic E-state index is -3.01. The van der Waals surface area contributed by atoms with E-state index in [4.69, 9.17) is 9.39 Å². The van der Waals surface area contributed by atoms with Crippen molar-refractivity contribution in [2.75, 3.05) is 7.11 Å². The Balaban J connectivity index is 0.00000162. The van der Waals surface area contributed by atoms with Crippen molar-refractivity contribution in [3.05, 3.63) is 23.3 Å². The molecule has 0 aromatic heterocycles. The van der Waals surface area contributed by atoms with Crippen molar-refractivity contribution in [3.8, 4) is 11.5 Å². The monoisotopic (exact) mass is 261 g/mol. The third kappa shape index (κ3) is 2.81. The van der Waals surface area contributed by atoms with Gasteiger partial charge in [0.05, 0.1) is 24.4 Å². The number of benzene rings is 1. The molecule has 0 unspecified atom stereocenters. The molecule has 8 heteroatoms. The SMILES string of the molecule is COc1ccc2c(c1C(=O)[O-])O[B-](O)(O)CC2.[Na+]. The summed E-state index contributed by atoms with van der Waals surface area (Å²) in [6.45, 7) is -3.01. The quantitative estimate of drug-likeness (QED) is 0.525. The fourth-order valence-corrected chi connectivity index (χ4v) is 1.89. The van der Waals surface area contributed by atoms with Crippen molar-refractivity contribution in [1.29, 1.82) is 0 Å². The molecule has 1 aromatic rings. The molecule has 18 heavy (non-hydrogen) atoms. The zero-order valence-corrected chi connectivity index (χ0v) is 12.2. The van der Waals surface area contributed by atoms with Crippen LogP contribution in [-0.2, 0) is 6.42 Å². The van der Waals surface area contributed by atoms with Gasteiger partial charge in [-0.15, -0.1) is 0 Å². The molecule has 1 heterocycles. The first-order valence-electron chi connectivity index (χ1n) is 5.15. The van der Waals surface area contributed by atoms with Gasteiger partial charge in [0.2, 0.25) is 0 Å². The Morgan fingerprint density at radius 3 is 2.72 bits per heavy atom. The summed E-state index contributed by atoms with van der Waals surface area (Å²) in [5.74, 6) is -1.50. The molecule has 6 nitrogen and oxygen atoms in total. The van der Waals surface area contributed by atoms with E-state index in [9.17, 15) is 19.9 Å². The van der Waals surface area contributed by atoms with E-state index in [-0.39, 0.29) is 52.9 Å². The fourth-order valence-electron chi connectivity index (χ4n) is 1.89. The zero-order chi connectivity index (χ0) is 12.6. The molecule has 0 aliphatic carbocycles. The third-order valence-electron chi connectivity index (χ3n) is 2.72. The Morgan fingerprint density at radius 2 is 2.17 bits per heavy atom. The predicted octanol–water partition coefficient (Wildman–Crippen LogP) is -4.08. The molecule has 0 saturated carbocycles. The average molecular weight is 261 g/mol. The number of hydrogen-bond acceptors (Lipinski definition) is 6. The number of rotatable bonds is 2. The largest absolute Gasteiger partial charge is 1.00 e. The van der Waals surface area contributed by atoms with Crippen LogP contribution in [0, 0.1) is 0 Å². The first-order valence-corrected chi connectivity index (χ1v) is 5.15. The number of carbonyl (C=O) groups excluding carboxylic acids is 1. The van der Waals surface area contributed by atoms with Crippen molar-refractivity contribution < 1.29 is 58.9 Å². The first kappa shape index (κ1) is 15.3. The van der Waals surface area contributed by atoms with E-state index in [1.807, 2.05) is 0 Å². The molecule has 0 bridgehead atoms. The molecule has 1 aromatic carbocycles. The number of carboxylic acids is 1. The van der Waals surface area contributed by atoms with E-state index in [0.29, 0.717) is 12.0 Å². The Bertz CT molecular complexity index is 476. The van der Waals surface area contributed by atoms with Crippen LogP contribution in [0.4, 0.5) is 0 Å². The number of methoxy groups -OCH3 is 1. The summed E-state index contributed by atoms with van der Waals surface area (Å²) >= 11 is 0. The van der Waals surface area contributed by atoms with Crippen LogP contribution in [-0.4, -0.2) is 29.9 Å². The van der Waals surface area contributed by atoms with Crippen molar-refractivity contribution >= 4 is 12.7 Å². The average Bonchev–Trinajstić information content (AvgIpc) is 2.25. The number of hydrogen-bond donors (Lipinski definition) is 2. The van der Waals surface area contributed by atoms with E-state index in [2.05, 4.69) is 0 Å². The van der Waals surface area contributed by atoms with Crippen LogP contribution in [0.5, 0.6) is 11.5 Å². The van der Waals surface area contributed by atoms with E-state index >= 15 is 0 Å². The Morgan fingerprint density at radius 1 is 1.50 bits per heavy atom. The van der Waals surface area contributed by atoms with Gasteiger partial charge in [0.1, 0.15) is 5.75 Å². The van der Waals surface area contributed by atoms with Gasteiger partial charge >= 0.3 is 36.3 Å². The molecule has 1 aliphatic rings. The normalized spacial score (nSPS) is 15.9. The van der Waals surface area contributed by atoms with Crippen LogP contribution < -0.4 is 44.1 Å². The number of carboxylic acid groups (broad SMARTS) is 1. The molecule has 0 atom stereocenters. The third-order valence-corrected chi connectivity index (χ3v) is 2.72. The Kier molecular flexibility index (Phi) is 4.69. The van der Waals surface area contributed by atoms with Gasteiger partial charge in [-0.2, -0.15) is 0 Å². The summed E-state index contributed by atoms with van der Waals surface area (Å²) in [6.07, 6.45) is 0.360. The fraction of sp³-hybridized carbons (Fsp3) is 0.300. The Hall–Kier alpha value is -0.725. The smallest absolute Gasteiger partial charge is 0.669 e. The van der Waals surface area contributed by atoms with E-state index in [1.165, 1.54) is 13.2 Å². The summed E-state index contributed by atoms with van der Waals surface area (Å²) < 4.78 is 9.81. The van der Waals surface area contributed by atoms with E-state index < -0.39 is 12.7 Å². The Labute approximate surface area is 126 Å². The van der Waals surface area contributed by atoms with Gasteiger partial charge in [-0.3, -0.25) is 0 Å². The molecule has 1 aliphatic heterocycles. The number of aromatic carboxylic acids is 1. The van der Waals surface area contributed by atoms with Crippen LogP contribution >= 0.6 is 0 Å². The van der Waals surface area contributed by atoms with Crippen LogP contribution in [0.25, 0.3) is 0 Å². The van der Waals surface area contributed by atoms with Crippen LogP contribution in [0.3, 0.4) is 0 Å². The minimum Gasteiger partial charge on any atom is -0.669 e. The molecule has 92 valence electrons. The molecular weight excluding hydrogens is 250 g/mol. The summed E-state index contributed by atoms with van der Waals surface area (Å²) in [5.41, 5.74) is 0.296. The maximum Gasteiger partial charge on any atom is 1.00 e. The van der Waals surface area contributed by atoms with Crippen LogP contribution in [0.1, 0.15) is 15.9 Å². The molecule has 2 rings (SSSR count). The number of carbonyl (C=O) groups is 1. The summed E-state index contributed by atoms with van der Waals surface area (Å²) in [6, 6.07) is 3.12. The summed E-state index contributed by atoms with van der Waals surface area (Å²) in [4.78, 5) is 11.0. The maximum atomic E-state index is 11.0. The number of fused-ring (bicyclic) bond motifs is 1. The second-order valence-corrected chi connectivity index (χ2v) is 3.93. The van der Waals surface area contributed by atoms with E-state index in [1.54, 1.807) is 6.07 Å². The molecule has 0 amide bonds. The number of ether oxygens (including phenoxy) is 1. The maximum absolute atomic E-state index is 11.0. The van der Waals surface area contributed by atoms with Crippen LogP contribution in [0.2, 0.25) is 6.32 Å².